The molecule has 5 heteroatoms. The Balaban J connectivity index is 2.04. The van der Waals surface area contributed by atoms with E-state index in [9.17, 15) is 4.39 Å². The molecule has 0 unspecified atom stereocenters. The van der Waals surface area contributed by atoms with Gasteiger partial charge in [-0.1, -0.05) is 11.6 Å². The lowest BCUT2D eigenvalue weighted by molar-refractivity contribution is 0.628. The first-order valence-electron chi connectivity index (χ1n) is 4.56. The van der Waals surface area contributed by atoms with E-state index in [-0.39, 0.29) is 5.82 Å². The van der Waals surface area contributed by atoms with Gasteiger partial charge in [0.15, 0.2) is 0 Å². The Morgan fingerprint density at radius 3 is 2.75 bits per heavy atom. The molecule has 1 nitrogen and oxygen atoms in total. The second kappa shape index (κ2) is 5.17. The minimum absolute atomic E-state index is 0.331. The molecule has 84 valence electrons. The first kappa shape index (κ1) is 11.9. The lowest BCUT2D eigenvalue weighted by Crippen LogP contribution is -1.97. The second-order valence-corrected chi connectivity index (χ2v) is 5.59. The molecule has 0 aliphatic carbocycles. The third-order valence-electron chi connectivity index (χ3n) is 1.95. The summed E-state index contributed by atoms with van der Waals surface area (Å²) >= 11 is 10.8. The third-order valence-corrected chi connectivity index (χ3v) is 3.87. The summed E-state index contributed by atoms with van der Waals surface area (Å²) in [6.07, 6.45) is 0. The van der Waals surface area contributed by atoms with Crippen molar-refractivity contribution in [1.82, 2.24) is 0 Å². The van der Waals surface area contributed by atoms with E-state index in [1.165, 1.54) is 17.0 Å². The fourth-order valence-electron chi connectivity index (χ4n) is 1.29. The Bertz CT molecular complexity index is 480. The average Bonchev–Trinajstić information content (AvgIpc) is 2.60. The Labute approximate surface area is 110 Å². The molecule has 0 amide bonds. The van der Waals surface area contributed by atoms with E-state index >= 15 is 0 Å². The number of thiophene rings is 1. The minimum Gasteiger partial charge on any atom is -0.380 e. The van der Waals surface area contributed by atoms with E-state index < -0.39 is 0 Å². The van der Waals surface area contributed by atoms with Gasteiger partial charge in [0.05, 0.1) is 0 Å². The molecular weight excluding hydrogens is 313 g/mol. The molecule has 0 fully saturated rings. The van der Waals surface area contributed by atoms with Crippen LogP contribution in [0.15, 0.2) is 34.1 Å². The van der Waals surface area contributed by atoms with Crippen molar-refractivity contribution in [2.24, 2.45) is 0 Å². The van der Waals surface area contributed by atoms with Crippen LogP contribution in [0, 0.1) is 5.82 Å². The van der Waals surface area contributed by atoms with E-state index in [4.69, 9.17) is 11.6 Å². The van der Waals surface area contributed by atoms with Crippen molar-refractivity contribution >= 4 is 44.6 Å². The normalized spacial score (nSPS) is 10.4. The zero-order valence-electron chi connectivity index (χ0n) is 8.14. The molecule has 1 heterocycles. The van der Waals surface area contributed by atoms with E-state index in [0.29, 0.717) is 17.3 Å². The summed E-state index contributed by atoms with van der Waals surface area (Å²) in [4.78, 5) is 1.17. The molecule has 0 bridgehead atoms. The number of anilines is 1. The van der Waals surface area contributed by atoms with Crippen molar-refractivity contribution in [3.8, 4) is 0 Å². The van der Waals surface area contributed by atoms with Gasteiger partial charge >= 0.3 is 0 Å². The van der Waals surface area contributed by atoms with Crippen LogP contribution >= 0.6 is 38.9 Å². The van der Waals surface area contributed by atoms with E-state index in [1.807, 2.05) is 11.4 Å². The van der Waals surface area contributed by atoms with Crippen molar-refractivity contribution in [2.75, 3.05) is 5.32 Å². The molecular formula is C11H8BrClFNS. The highest BCUT2D eigenvalue weighted by atomic mass is 79.9. The minimum atomic E-state index is -0.331. The highest BCUT2D eigenvalue weighted by Gasteiger charge is 2.01. The van der Waals surface area contributed by atoms with Crippen LogP contribution in [0.3, 0.4) is 0 Å². The number of benzene rings is 1. The molecule has 0 radical (unpaired) electrons. The molecule has 1 aromatic heterocycles. The van der Waals surface area contributed by atoms with Gasteiger partial charge in [-0.2, -0.15) is 0 Å². The van der Waals surface area contributed by atoms with Crippen LogP contribution in [-0.2, 0) is 6.54 Å². The smallest absolute Gasteiger partial charge is 0.126 e. The van der Waals surface area contributed by atoms with Crippen molar-refractivity contribution < 1.29 is 4.39 Å². The maximum Gasteiger partial charge on any atom is 0.126 e. The summed E-state index contributed by atoms with van der Waals surface area (Å²) < 4.78 is 14.1. The Hall–Kier alpha value is -0.580. The van der Waals surface area contributed by atoms with E-state index in [2.05, 4.69) is 21.2 Å². The molecule has 2 rings (SSSR count). The van der Waals surface area contributed by atoms with Crippen molar-refractivity contribution in [2.45, 2.75) is 6.54 Å². The summed E-state index contributed by atoms with van der Waals surface area (Å²) in [5, 5.41) is 5.53. The van der Waals surface area contributed by atoms with Gasteiger partial charge in [-0.3, -0.25) is 0 Å². The standard InChI is InChI=1S/C11H8BrClFNS/c12-7-1-11(16-6-7)5-15-10-3-8(13)2-9(14)4-10/h1-4,6,15H,5H2. The zero-order chi connectivity index (χ0) is 11.5. The summed E-state index contributed by atoms with van der Waals surface area (Å²) in [5.74, 6) is -0.331. The number of nitrogens with one attached hydrogen (secondary N) is 1. The Morgan fingerprint density at radius 1 is 1.31 bits per heavy atom. The van der Waals surface area contributed by atoms with Crippen LogP contribution in [0.25, 0.3) is 0 Å². The van der Waals surface area contributed by atoms with Crippen LogP contribution in [-0.4, -0.2) is 0 Å². The zero-order valence-corrected chi connectivity index (χ0v) is 11.3. The molecule has 0 atom stereocenters. The summed E-state index contributed by atoms with van der Waals surface area (Å²) in [7, 11) is 0. The molecule has 0 saturated heterocycles. The maximum atomic E-state index is 13.0. The van der Waals surface area contributed by atoms with Gasteiger partial charge in [0.25, 0.3) is 0 Å². The number of halogens is 3. The van der Waals surface area contributed by atoms with Crippen LogP contribution < -0.4 is 5.32 Å². The molecule has 0 spiro atoms. The highest BCUT2D eigenvalue weighted by molar-refractivity contribution is 9.10. The van der Waals surface area contributed by atoms with Gasteiger partial charge in [0.1, 0.15) is 5.82 Å². The predicted octanol–water partition coefficient (Wildman–Crippen LogP) is 4.92. The summed E-state index contributed by atoms with van der Waals surface area (Å²) in [5.41, 5.74) is 0.689. The fourth-order valence-corrected chi connectivity index (χ4v) is 2.90. The monoisotopic (exact) mass is 319 g/mol. The topological polar surface area (TPSA) is 12.0 Å². The van der Waals surface area contributed by atoms with Gasteiger partial charge in [0, 0.05) is 32.0 Å². The lowest BCUT2D eigenvalue weighted by atomic mass is 10.3. The Morgan fingerprint density at radius 2 is 2.12 bits per heavy atom. The largest absolute Gasteiger partial charge is 0.380 e. The Kier molecular flexibility index (Phi) is 3.84. The number of rotatable bonds is 3. The second-order valence-electron chi connectivity index (χ2n) is 3.24. The van der Waals surface area contributed by atoms with Crippen LogP contribution in [0.4, 0.5) is 10.1 Å². The maximum absolute atomic E-state index is 13.0. The van der Waals surface area contributed by atoms with Gasteiger partial charge in [-0.05, 0) is 40.2 Å². The molecule has 1 N–H and O–H groups in total. The summed E-state index contributed by atoms with van der Waals surface area (Å²) in [6.45, 7) is 0.663. The van der Waals surface area contributed by atoms with Gasteiger partial charge in [-0.15, -0.1) is 11.3 Å². The van der Waals surface area contributed by atoms with E-state index in [0.717, 1.165) is 4.47 Å². The SMILES string of the molecule is Fc1cc(Cl)cc(NCc2cc(Br)cs2)c1. The molecule has 0 saturated carbocycles. The molecule has 2 aromatic rings. The van der Waals surface area contributed by atoms with Crippen molar-refractivity contribution in [1.29, 1.82) is 0 Å². The van der Waals surface area contributed by atoms with Crippen LogP contribution in [0.1, 0.15) is 4.88 Å². The lowest BCUT2D eigenvalue weighted by Gasteiger charge is -2.05. The van der Waals surface area contributed by atoms with Crippen LogP contribution in [0.2, 0.25) is 5.02 Å². The van der Waals surface area contributed by atoms with Gasteiger partial charge < -0.3 is 5.32 Å². The number of hydrogen-bond acceptors (Lipinski definition) is 2. The first-order valence-corrected chi connectivity index (χ1v) is 6.61. The molecule has 0 aliphatic heterocycles. The van der Waals surface area contributed by atoms with Gasteiger partial charge in [0.2, 0.25) is 0 Å². The molecule has 0 aliphatic rings. The van der Waals surface area contributed by atoms with E-state index in [1.54, 1.807) is 17.4 Å². The van der Waals surface area contributed by atoms with Crippen molar-refractivity contribution in [3.63, 3.8) is 0 Å². The van der Waals surface area contributed by atoms with Gasteiger partial charge in [-0.25, -0.2) is 4.39 Å². The molecule has 16 heavy (non-hydrogen) atoms. The quantitative estimate of drug-likeness (QED) is 0.847. The predicted molar refractivity (Wildman–Crippen MR) is 70.8 cm³/mol. The average molecular weight is 321 g/mol. The summed E-state index contributed by atoms with van der Waals surface area (Å²) in [6, 6.07) is 6.44. The van der Waals surface area contributed by atoms with Crippen LogP contribution in [0.5, 0.6) is 0 Å². The van der Waals surface area contributed by atoms with Crippen molar-refractivity contribution in [3.05, 3.63) is 49.8 Å². The third kappa shape index (κ3) is 3.20. The molecule has 1 aromatic carbocycles. The first-order chi connectivity index (χ1) is 7.63. The number of hydrogen-bond donors (Lipinski definition) is 1. The fraction of sp³-hybridized carbons (Fsp3) is 0.0909. The highest BCUT2D eigenvalue weighted by Crippen LogP contribution is 2.22.